The topological polar surface area (TPSA) is 77.7 Å². The molecule has 148 valence electrons. The summed E-state index contributed by atoms with van der Waals surface area (Å²) in [6.45, 7) is 4.00. The lowest BCUT2D eigenvalue weighted by Crippen LogP contribution is -2.32. The fourth-order valence-electron chi connectivity index (χ4n) is 3.37. The number of benzene rings is 2. The van der Waals surface area contributed by atoms with E-state index in [2.05, 4.69) is 4.98 Å². The van der Waals surface area contributed by atoms with Gasteiger partial charge in [0, 0.05) is 29.4 Å². The van der Waals surface area contributed by atoms with Gasteiger partial charge < -0.3 is 20.1 Å². The summed E-state index contributed by atoms with van der Waals surface area (Å²) < 4.78 is 11.3. The zero-order valence-corrected chi connectivity index (χ0v) is 16.3. The van der Waals surface area contributed by atoms with Crippen LogP contribution < -0.4 is 15.2 Å². The van der Waals surface area contributed by atoms with Gasteiger partial charge in [-0.15, -0.1) is 0 Å². The van der Waals surface area contributed by atoms with Gasteiger partial charge in [-0.05, 0) is 61.0 Å². The van der Waals surface area contributed by atoms with Crippen LogP contribution in [0.2, 0.25) is 0 Å². The van der Waals surface area contributed by atoms with Crippen molar-refractivity contribution in [2.75, 3.05) is 25.5 Å². The number of nitrogens with zero attached hydrogens (tertiary/aromatic N) is 2. The molecule has 0 fully saturated rings. The van der Waals surface area contributed by atoms with Crippen molar-refractivity contribution in [2.24, 2.45) is 0 Å². The Bertz CT molecular complexity index is 1000. The monoisotopic (exact) mass is 389 g/mol. The fraction of sp³-hybridized carbons (Fsp3) is 0.217. The van der Waals surface area contributed by atoms with Crippen LogP contribution in [-0.2, 0) is 6.54 Å². The Hall–Kier alpha value is -3.54. The summed E-state index contributed by atoms with van der Waals surface area (Å²) in [5.74, 6) is 2.03. The summed E-state index contributed by atoms with van der Waals surface area (Å²) in [5, 5.41) is 0. The van der Waals surface area contributed by atoms with Gasteiger partial charge in [-0.1, -0.05) is 6.07 Å². The molecule has 0 saturated carbocycles. The molecule has 6 heteroatoms. The lowest BCUT2D eigenvalue weighted by atomic mass is 10.0. The molecule has 0 aliphatic carbocycles. The second-order valence-electron chi connectivity index (χ2n) is 6.83. The van der Waals surface area contributed by atoms with E-state index < -0.39 is 0 Å². The van der Waals surface area contributed by atoms with Gasteiger partial charge in [-0.25, -0.2) is 4.98 Å². The normalized spacial score (nSPS) is 13.2. The Kier molecular flexibility index (Phi) is 5.33. The minimum atomic E-state index is -0.0240. The van der Waals surface area contributed by atoms with E-state index >= 15 is 0 Å². The third kappa shape index (κ3) is 4.16. The van der Waals surface area contributed by atoms with Gasteiger partial charge in [0.05, 0.1) is 13.2 Å². The highest BCUT2D eigenvalue weighted by Crippen LogP contribution is 2.30. The van der Waals surface area contributed by atoms with Gasteiger partial charge >= 0.3 is 0 Å². The quantitative estimate of drug-likeness (QED) is 0.735. The van der Waals surface area contributed by atoms with Crippen LogP contribution in [0.4, 0.5) is 5.82 Å². The Morgan fingerprint density at radius 1 is 1.14 bits per heavy atom. The molecule has 0 bridgehead atoms. The Morgan fingerprint density at radius 3 is 2.66 bits per heavy atom. The van der Waals surface area contributed by atoms with Crippen molar-refractivity contribution in [1.29, 1.82) is 0 Å². The van der Waals surface area contributed by atoms with Crippen LogP contribution in [0.3, 0.4) is 0 Å². The number of hydrogen-bond donors (Lipinski definition) is 1. The predicted octanol–water partition coefficient (Wildman–Crippen LogP) is 3.76. The van der Waals surface area contributed by atoms with E-state index in [0.717, 1.165) is 28.2 Å². The first-order valence-electron chi connectivity index (χ1n) is 9.64. The van der Waals surface area contributed by atoms with Gasteiger partial charge in [0.25, 0.3) is 5.91 Å². The highest BCUT2D eigenvalue weighted by Gasteiger charge is 2.21. The molecule has 29 heavy (non-hydrogen) atoms. The van der Waals surface area contributed by atoms with Crippen LogP contribution in [-0.4, -0.2) is 35.5 Å². The van der Waals surface area contributed by atoms with Crippen LogP contribution in [0, 0.1) is 0 Å². The molecule has 1 aliphatic heterocycles. The Morgan fingerprint density at radius 2 is 1.93 bits per heavy atom. The number of anilines is 1. The smallest absolute Gasteiger partial charge is 0.254 e. The highest BCUT2D eigenvalue weighted by atomic mass is 16.5. The zero-order valence-electron chi connectivity index (χ0n) is 16.3. The number of pyridine rings is 1. The number of rotatable bonds is 4. The van der Waals surface area contributed by atoms with Crippen LogP contribution in [0.15, 0.2) is 60.8 Å². The molecule has 2 N–H and O–H groups in total. The molecule has 2 heterocycles. The molecule has 3 aromatic rings. The third-order valence-electron chi connectivity index (χ3n) is 4.86. The van der Waals surface area contributed by atoms with Crippen molar-refractivity contribution < 1.29 is 14.3 Å². The summed E-state index contributed by atoms with van der Waals surface area (Å²) in [6.07, 6.45) is 1.75. The molecule has 1 aromatic heterocycles. The summed E-state index contributed by atoms with van der Waals surface area (Å²) in [6, 6.07) is 17.0. The number of aromatic nitrogens is 1. The van der Waals surface area contributed by atoms with Crippen LogP contribution in [0.25, 0.3) is 11.1 Å². The van der Waals surface area contributed by atoms with E-state index in [4.69, 9.17) is 15.2 Å². The van der Waals surface area contributed by atoms with Crippen LogP contribution >= 0.6 is 0 Å². The molecular formula is C23H23N3O3. The predicted molar refractivity (Wildman–Crippen MR) is 112 cm³/mol. The van der Waals surface area contributed by atoms with Crippen molar-refractivity contribution in [3.63, 3.8) is 0 Å². The number of carbonyl (C=O) groups is 1. The van der Waals surface area contributed by atoms with Gasteiger partial charge in [0.2, 0.25) is 0 Å². The van der Waals surface area contributed by atoms with Crippen LogP contribution in [0.1, 0.15) is 22.8 Å². The molecule has 2 aromatic carbocycles. The fourth-order valence-corrected chi connectivity index (χ4v) is 3.37. The second-order valence-corrected chi connectivity index (χ2v) is 6.83. The van der Waals surface area contributed by atoms with Gasteiger partial charge in [-0.2, -0.15) is 0 Å². The second kappa shape index (κ2) is 8.22. The number of fused-ring (bicyclic) bond motifs is 1. The molecule has 0 unspecified atom stereocenters. The average Bonchev–Trinajstić information content (AvgIpc) is 2.96. The van der Waals surface area contributed by atoms with E-state index in [1.165, 1.54) is 0 Å². The standard InChI is InChI=1S/C23H23N3O3/c1-2-28-20-7-3-16(4-8-20)23(27)26-11-12-29-21-9-5-17(13-19(21)15-26)18-6-10-22(24)25-14-18/h3-10,13-14H,2,11-12,15H2,1H3,(H2,24,25). The van der Waals surface area contributed by atoms with E-state index in [9.17, 15) is 4.79 Å². The summed E-state index contributed by atoms with van der Waals surface area (Å²) >= 11 is 0. The largest absolute Gasteiger partial charge is 0.494 e. The third-order valence-corrected chi connectivity index (χ3v) is 4.86. The number of ether oxygens (including phenoxy) is 2. The number of hydrogen-bond acceptors (Lipinski definition) is 5. The maximum atomic E-state index is 13.0. The van der Waals surface area contributed by atoms with Gasteiger partial charge in [0.1, 0.15) is 23.9 Å². The highest BCUT2D eigenvalue weighted by molar-refractivity contribution is 5.94. The van der Waals surface area contributed by atoms with Crippen LogP contribution in [0.5, 0.6) is 11.5 Å². The maximum absolute atomic E-state index is 13.0. The molecule has 0 radical (unpaired) electrons. The lowest BCUT2D eigenvalue weighted by molar-refractivity contribution is 0.0733. The molecule has 1 aliphatic rings. The van der Waals surface area contributed by atoms with Crippen molar-refractivity contribution >= 4 is 11.7 Å². The zero-order chi connectivity index (χ0) is 20.2. The van der Waals surface area contributed by atoms with E-state index in [1.54, 1.807) is 24.4 Å². The molecule has 0 saturated heterocycles. The molecule has 0 atom stereocenters. The number of carbonyl (C=O) groups excluding carboxylic acids is 1. The minimum absolute atomic E-state index is 0.0240. The van der Waals surface area contributed by atoms with E-state index in [1.807, 2.05) is 48.2 Å². The molecule has 4 rings (SSSR count). The summed E-state index contributed by atoms with van der Waals surface area (Å²) in [4.78, 5) is 19.0. The SMILES string of the molecule is CCOc1ccc(C(=O)N2CCOc3ccc(-c4ccc(N)nc4)cc3C2)cc1. The first-order valence-corrected chi connectivity index (χ1v) is 9.64. The molecular weight excluding hydrogens is 366 g/mol. The maximum Gasteiger partial charge on any atom is 0.254 e. The van der Waals surface area contributed by atoms with E-state index in [-0.39, 0.29) is 5.91 Å². The van der Waals surface area contributed by atoms with E-state index in [0.29, 0.717) is 37.7 Å². The molecule has 1 amide bonds. The van der Waals surface area contributed by atoms with Gasteiger partial charge in [0.15, 0.2) is 0 Å². The average molecular weight is 389 g/mol. The number of nitrogen functional groups attached to an aromatic ring is 1. The lowest BCUT2D eigenvalue weighted by Gasteiger charge is -2.20. The van der Waals surface area contributed by atoms with Crippen molar-refractivity contribution in [1.82, 2.24) is 9.88 Å². The first-order chi connectivity index (χ1) is 14.1. The Labute approximate surface area is 169 Å². The minimum Gasteiger partial charge on any atom is -0.494 e. The summed E-state index contributed by atoms with van der Waals surface area (Å²) in [7, 11) is 0. The molecule has 6 nitrogen and oxygen atoms in total. The first kappa shape index (κ1) is 18.8. The Balaban J connectivity index is 1.57. The van der Waals surface area contributed by atoms with Gasteiger partial charge in [-0.3, -0.25) is 4.79 Å². The van der Waals surface area contributed by atoms with Crippen molar-refractivity contribution in [3.05, 3.63) is 71.9 Å². The molecule has 0 spiro atoms. The number of amides is 1. The van der Waals surface area contributed by atoms with Crippen molar-refractivity contribution in [2.45, 2.75) is 13.5 Å². The number of nitrogens with two attached hydrogens (primary N) is 1. The van der Waals surface area contributed by atoms with Crippen molar-refractivity contribution in [3.8, 4) is 22.6 Å². The summed E-state index contributed by atoms with van der Waals surface area (Å²) in [5.41, 5.74) is 9.27.